The Hall–Kier alpha value is -1.44. The van der Waals surface area contributed by atoms with Crippen molar-refractivity contribution in [1.82, 2.24) is 14.5 Å². The summed E-state index contributed by atoms with van der Waals surface area (Å²) in [6.07, 6.45) is 0. The second-order valence-corrected chi connectivity index (χ2v) is 7.93. The van der Waals surface area contributed by atoms with E-state index in [2.05, 4.69) is 17.1 Å². The largest absolute Gasteiger partial charge is 0.350 e. The van der Waals surface area contributed by atoms with Gasteiger partial charge in [0.25, 0.3) is 5.91 Å². The van der Waals surface area contributed by atoms with Crippen LogP contribution in [0.3, 0.4) is 0 Å². The zero-order valence-electron chi connectivity index (χ0n) is 13.9. The van der Waals surface area contributed by atoms with Gasteiger partial charge < -0.3 is 10.2 Å². The molecule has 128 valence electrons. The van der Waals surface area contributed by atoms with Crippen LogP contribution < -0.4 is 5.32 Å². The topological polar surface area (TPSA) is 69.7 Å². The highest BCUT2D eigenvalue weighted by Crippen LogP contribution is 2.18. The Labute approximate surface area is 138 Å². The molecule has 1 aliphatic heterocycles. The Morgan fingerprint density at radius 1 is 1.13 bits per heavy atom. The summed E-state index contributed by atoms with van der Waals surface area (Å²) in [5, 5.41) is 2.79. The molecule has 1 N–H and O–H groups in total. The molecule has 0 spiro atoms. The van der Waals surface area contributed by atoms with E-state index in [9.17, 15) is 13.2 Å². The van der Waals surface area contributed by atoms with E-state index < -0.39 is 10.0 Å². The minimum absolute atomic E-state index is 0.0424. The van der Waals surface area contributed by atoms with Crippen LogP contribution in [0, 0.1) is 0 Å². The van der Waals surface area contributed by atoms with E-state index in [0.29, 0.717) is 18.7 Å². The molecule has 1 amide bonds. The first-order valence-electron chi connectivity index (χ1n) is 7.98. The maximum atomic E-state index is 12.6. The van der Waals surface area contributed by atoms with Gasteiger partial charge in [-0.2, -0.15) is 4.31 Å². The van der Waals surface area contributed by atoms with E-state index in [1.54, 1.807) is 12.1 Å². The van der Waals surface area contributed by atoms with Crippen LogP contribution in [0.2, 0.25) is 0 Å². The lowest BCUT2D eigenvalue weighted by atomic mass is 10.2. The van der Waals surface area contributed by atoms with E-state index in [1.807, 2.05) is 13.8 Å². The molecule has 1 aromatic rings. The second kappa shape index (κ2) is 7.42. The van der Waals surface area contributed by atoms with Gasteiger partial charge in [0.2, 0.25) is 10.0 Å². The molecular weight excluding hydrogens is 314 g/mol. The van der Waals surface area contributed by atoms with Gasteiger partial charge in [0.15, 0.2) is 0 Å². The van der Waals surface area contributed by atoms with Crippen molar-refractivity contribution in [2.24, 2.45) is 0 Å². The van der Waals surface area contributed by atoms with Crippen molar-refractivity contribution in [2.75, 3.05) is 32.7 Å². The van der Waals surface area contributed by atoms with Crippen molar-refractivity contribution in [3.05, 3.63) is 29.8 Å². The highest BCUT2D eigenvalue weighted by molar-refractivity contribution is 7.89. The highest BCUT2D eigenvalue weighted by Gasteiger charge is 2.28. The van der Waals surface area contributed by atoms with E-state index in [0.717, 1.165) is 19.6 Å². The highest BCUT2D eigenvalue weighted by atomic mass is 32.2. The Kier molecular flexibility index (Phi) is 5.78. The third kappa shape index (κ3) is 4.31. The standard InChI is InChI=1S/C16H25N3O3S/c1-4-18-9-11-19(12-10-18)23(21,22)15-7-5-14(6-8-15)16(20)17-13(2)3/h5-8,13H,4,9-12H2,1-3H3,(H,17,20). The number of sulfonamides is 1. The first-order valence-corrected chi connectivity index (χ1v) is 9.42. The van der Waals surface area contributed by atoms with E-state index in [-0.39, 0.29) is 16.8 Å². The summed E-state index contributed by atoms with van der Waals surface area (Å²) in [5.74, 6) is -0.194. The number of nitrogens with zero attached hydrogens (tertiary/aromatic N) is 2. The lowest BCUT2D eigenvalue weighted by Crippen LogP contribution is -2.48. The first-order chi connectivity index (χ1) is 10.8. The molecule has 6 nitrogen and oxygen atoms in total. The van der Waals surface area contributed by atoms with Crippen LogP contribution in [0.1, 0.15) is 31.1 Å². The van der Waals surface area contributed by atoms with Crippen molar-refractivity contribution >= 4 is 15.9 Å². The average molecular weight is 339 g/mol. The summed E-state index contributed by atoms with van der Waals surface area (Å²) in [4.78, 5) is 14.4. The lowest BCUT2D eigenvalue weighted by molar-refractivity contribution is 0.0943. The second-order valence-electron chi connectivity index (χ2n) is 5.99. The third-order valence-corrected chi connectivity index (χ3v) is 5.87. The molecule has 7 heteroatoms. The van der Waals surface area contributed by atoms with Gasteiger partial charge in [0, 0.05) is 37.8 Å². The number of benzene rings is 1. The zero-order chi connectivity index (χ0) is 17.0. The molecule has 0 unspecified atom stereocenters. The van der Waals surface area contributed by atoms with E-state index in [1.165, 1.54) is 16.4 Å². The fourth-order valence-corrected chi connectivity index (χ4v) is 3.98. The van der Waals surface area contributed by atoms with Crippen LogP contribution in [0.15, 0.2) is 29.2 Å². The van der Waals surface area contributed by atoms with Crippen molar-refractivity contribution in [2.45, 2.75) is 31.7 Å². The van der Waals surface area contributed by atoms with Gasteiger partial charge in [-0.25, -0.2) is 8.42 Å². The van der Waals surface area contributed by atoms with Crippen LogP contribution in [-0.4, -0.2) is 62.3 Å². The summed E-state index contributed by atoms with van der Waals surface area (Å²) in [5.41, 5.74) is 0.466. The molecule has 1 saturated heterocycles. The Morgan fingerprint density at radius 2 is 1.70 bits per heavy atom. The Balaban J connectivity index is 2.10. The van der Waals surface area contributed by atoms with Crippen LogP contribution in [0.4, 0.5) is 0 Å². The summed E-state index contributed by atoms with van der Waals surface area (Å²) >= 11 is 0. The molecule has 0 radical (unpaired) electrons. The van der Waals surface area contributed by atoms with Crippen LogP contribution >= 0.6 is 0 Å². The van der Waals surface area contributed by atoms with Crippen molar-refractivity contribution in [3.8, 4) is 0 Å². The number of piperazine rings is 1. The molecule has 2 rings (SSSR count). The van der Waals surface area contributed by atoms with Crippen LogP contribution in [0.25, 0.3) is 0 Å². The molecule has 0 atom stereocenters. The summed E-state index contributed by atoms with van der Waals surface area (Å²) in [6.45, 7) is 9.30. The summed E-state index contributed by atoms with van der Waals surface area (Å²) in [7, 11) is -3.48. The van der Waals surface area contributed by atoms with Gasteiger partial charge in [-0.3, -0.25) is 4.79 Å². The predicted octanol–water partition coefficient (Wildman–Crippen LogP) is 1.15. The molecule has 0 bridgehead atoms. The number of hydrogen-bond acceptors (Lipinski definition) is 4. The molecule has 0 aliphatic carbocycles. The molecule has 1 fully saturated rings. The van der Waals surface area contributed by atoms with Crippen molar-refractivity contribution in [1.29, 1.82) is 0 Å². The SMILES string of the molecule is CCN1CCN(S(=O)(=O)c2ccc(C(=O)NC(C)C)cc2)CC1. The molecule has 1 aliphatic rings. The van der Waals surface area contributed by atoms with Gasteiger partial charge in [-0.1, -0.05) is 6.92 Å². The predicted molar refractivity (Wildman–Crippen MR) is 89.9 cm³/mol. The summed E-state index contributed by atoms with van der Waals surface area (Å²) < 4.78 is 26.8. The maximum absolute atomic E-state index is 12.6. The molecule has 23 heavy (non-hydrogen) atoms. The van der Waals surface area contributed by atoms with Crippen molar-refractivity contribution in [3.63, 3.8) is 0 Å². The minimum Gasteiger partial charge on any atom is -0.350 e. The Morgan fingerprint density at radius 3 is 2.17 bits per heavy atom. The number of amides is 1. The maximum Gasteiger partial charge on any atom is 0.251 e. The Bertz CT molecular complexity index is 633. The molecule has 1 heterocycles. The number of carbonyl (C=O) groups is 1. The van der Waals surface area contributed by atoms with E-state index in [4.69, 9.17) is 0 Å². The summed E-state index contributed by atoms with van der Waals surface area (Å²) in [6, 6.07) is 6.19. The molecular formula is C16H25N3O3S. The van der Waals surface area contributed by atoms with Crippen molar-refractivity contribution < 1.29 is 13.2 Å². The van der Waals surface area contributed by atoms with Crippen LogP contribution in [-0.2, 0) is 10.0 Å². The van der Waals surface area contributed by atoms with Gasteiger partial charge in [-0.05, 0) is 44.7 Å². The normalized spacial score (nSPS) is 17.4. The molecule has 1 aromatic carbocycles. The first kappa shape index (κ1) is 17.9. The number of carbonyl (C=O) groups excluding carboxylic acids is 1. The van der Waals surface area contributed by atoms with Gasteiger partial charge >= 0.3 is 0 Å². The number of nitrogens with one attached hydrogen (secondary N) is 1. The molecule has 0 aromatic heterocycles. The quantitative estimate of drug-likeness (QED) is 0.874. The monoisotopic (exact) mass is 339 g/mol. The number of rotatable bonds is 5. The lowest BCUT2D eigenvalue weighted by Gasteiger charge is -2.33. The van der Waals surface area contributed by atoms with Gasteiger partial charge in [0.05, 0.1) is 4.90 Å². The number of likely N-dealkylation sites (N-methyl/N-ethyl adjacent to an activating group) is 1. The number of hydrogen-bond donors (Lipinski definition) is 1. The zero-order valence-corrected chi connectivity index (χ0v) is 14.8. The minimum atomic E-state index is -3.48. The van der Waals surface area contributed by atoms with E-state index >= 15 is 0 Å². The fourth-order valence-electron chi connectivity index (χ4n) is 2.56. The van der Waals surface area contributed by atoms with Crippen LogP contribution in [0.5, 0.6) is 0 Å². The third-order valence-electron chi connectivity index (χ3n) is 3.95. The smallest absolute Gasteiger partial charge is 0.251 e. The average Bonchev–Trinajstić information content (AvgIpc) is 2.54. The fraction of sp³-hybridized carbons (Fsp3) is 0.562. The van der Waals surface area contributed by atoms with Gasteiger partial charge in [0.1, 0.15) is 0 Å². The molecule has 0 saturated carbocycles. The van der Waals surface area contributed by atoms with Gasteiger partial charge in [-0.15, -0.1) is 0 Å².